The second-order valence-corrected chi connectivity index (χ2v) is 13.9. The zero-order valence-corrected chi connectivity index (χ0v) is 21.5. The maximum atomic E-state index is 13.8. The molecule has 2 saturated carbocycles. The first-order valence-corrected chi connectivity index (χ1v) is 15.6. The molecule has 1 aromatic heterocycles. The molecule has 1 amide bonds. The van der Waals surface area contributed by atoms with Crippen molar-refractivity contribution in [3.8, 4) is 0 Å². The zero-order valence-electron chi connectivity index (χ0n) is 19.1. The lowest BCUT2D eigenvalue weighted by Gasteiger charge is -2.43. The number of hydrogen-bond acceptors (Lipinski definition) is 9. The second-order valence-electron chi connectivity index (χ2n) is 9.59. The number of thiazole rings is 1. The van der Waals surface area contributed by atoms with Gasteiger partial charge in [-0.05, 0) is 49.3 Å². The quantitative estimate of drug-likeness (QED) is 0.513. The third kappa shape index (κ3) is 3.78. The Morgan fingerprint density at radius 3 is 2.78 bits per heavy atom. The molecule has 0 unspecified atom stereocenters. The lowest BCUT2D eigenvalue weighted by Crippen LogP contribution is -2.53. The number of fused-ring (bicyclic) bond motifs is 6. The normalized spacial score (nSPS) is 28.4. The van der Waals surface area contributed by atoms with E-state index in [9.17, 15) is 26.7 Å². The van der Waals surface area contributed by atoms with Gasteiger partial charge in [-0.15, -0.1) is 15.7 Å². The predicted molar refractivity (Wildman–Crippen MR) is 134 cm³/mol. The van der Waals surface area contributed by atoms with E-state index in [0.29, 0.717) is 0 Å². The average molecular weight is 550 g/mol. The van der Waals surface area contributed by atoms with Gasteiger partial charge in [-0.2, -0.15) is 8.42 Å². The van der Waals surface area contributed by atoms with Crippen molar-refractivity contribution < 1.29 is 26.7 Å². The Bertz CT molecular complexity index is 1550. The van der Waals surface area contributed by atoms with Gasteiger partial charge in [0.1, 0.15) is 21.2 Å². The van der Waals surface area contributed by atoms with Crippen molar-refractivity contribution in [3.63, 3.8) is 0 Å². The molecule has 3 N–H and O–H groups in total. The molecule has 4 aliphatic rings. The van der Waals surface area contributed by atoms with Gasteiger partial charge < -0.3 is 15.3 Å². The molecule has 2 aliphatic carbocycles. The summed E-state index contributed by atoms with van der Waals surface area (Å²) in [6.45, 7) is 0.273. The summed E-state index contributed by atoms with van der Waals surface area (Å²) in [5.41, 5.74) is 0.0529. The van der Waals surface area contributed by atoms with Crippen LogP contribution >= 0.6 is 11.3 Å². The highest BCUT2D eigenvalue weighted by Crippen LogP contribution is 2.55. The first kappa shape index (κ1) is 23.4. The summed E-state index contributed by atoms with van der Waals surface area (Å²) in [6.07, 6.45) is 5.47. The summed E-state index contributed by atoms with van der Waals surface area (Å²) in [6, 6.07) is 3.80. The number of benzene rings is 1. The van der Waals surface area contributed by atoms with Gasteiger partial charge in [0.25, 0.3) is 15.9 Å². The molecule has 14 heteroatoms. The van der Waals surface area contributed by atoms with Crippen molar-refractivity contribution in [2.45, 2.75) is 36.7 Å². The van der Waals surface area contributed by atoms with Crippen molar-refractivity contribution in [1.29, 1.82) is 0 Å². The van der Waals surface area contributed by atoms with E-state index in [0.717, 1.165) is 36.6 Å². The molecule has 2 aromatic rings. The van der Waals surface area contributed by atoms with Gasteiger partial charge in [0.15, 0.2) is 5.84 Å². The number of aliphatic hydroxyl groups excluding tert-OH is 1. The Balaban J connectivity index is 1.42. The fraction of sp³-hybridized carbons (Fsp3) is 0.409. The number of amidine groups is 1. The molecule has 2 aliphatic heterocycles. The van der Waals surface area contributed by atoms with Crippen LogP contribution in [0.15, 0.2) is 50.4 Å². The van der Waals surface area contributed by atoms with Gasteiger partial charge >= 0.3 is 0 Å². The molecule has 6 rings (SSSR count). The van der Waals surface area contributed by atoms with Crippen molar-refractivity contribution in [2.24, 2.45) is 22.2 Å². The van der Waals surface area contributed by atoms with Crippen LogP contribution in [-0.2, 0) is 31.4 Å². The maximum absolute atomic E-state index is 13.8. The van der Waals surface area contributed by atoms with Gasteiger partial charge in [-0.1, -0.05) is 0 Å². The number of rotatable bonds is 5. The molecule has 0 spiro atoms. The van der Waals surface area contributed by atoms with E-state index in [4.69, 9.17) is 0 Å². The van der Waals surface area contributed by atoms with Crippen molar-refractivity contribution in [1.82, 2.24) is 9.88 Å². The fourth-order valence-corrected chi connectivity index (χ4v) is 8.39. The summed E-state index contributed by atoms with van der Waals surface area (Å²) in [5, 5.41) is 16.8. The number of nitrogens with one attached hydrogen (secondary N) is 2. The summed E-state index contributed by atoms with van der Waals surface area (Å²) >= 11 is 1.43. The van der Waals surface area contributed by atoms with E-state index in [2.05, 4.69) is 19.4 Å². The number of aromatic nitrogens is 1. The van der Waals surface area contributed by atoms with Crippen molar-refractivity contribution in [2.75, 3.05) is 16.3 Å². The van der Waals surface area contributed by atoms with E-state index in [1.807, 2.05) is 5.38 Å². The predicted octanol–water partition coefficient (Wildman–Crippen LogP) is 2.30. The highest BCUT2D eigenvalue weighted by atomic mass is 32.2. The van der Waals surface area contributed by atoms with E-state index in [-0.39, 0.29) is 63.8 Å². The highest BCUT2D eigenvalue weighted by molar-refractivity contribution is 7.92. The Labute approximate surface area is 212 Å². The Morgan fingerprint density at radius 1 is 1.28 bits per heavy atom. The molecule has 2 bridgehead atoms. The molecule has 2 fully saturated rings. The van der Waals surface area contributed by atoms with Crippen LogP contribution in [0, 0.1) is 17.8 Å². The number of aliphatic hydroxyl groups is 1. The summed E-state index contributed by atoms with van der Waals surface area (Å²) in [5.74, 6) is -0.645. The third-order valence-corrected chi connectivity index (χ3v) is 10.0. The largest absolute Gasteiger partial charge is 0.511 e. The summed E-state index contributed by atoms with van der Waals surface area (Å²) in [4.78, 5) is 19.6. The van der Waals surface area contributed by atoms with E-state index in [1.165, 1.54) is 23.5 Å². The monoisotopic (exact) mass is 549 g/mol. The minimum Gasteiger partial charge on any atom is -0.511 e. The number of amides is 1. The van der Waals surface area contributed by atoms with Gasteiger partial charge in [-0.25, -0.2) is 13.4 Å². The summed E-state index contributed by atoms with van der Waals surface area (Å²) < 4.78 is 55.4. The van der Waals surface area contributed by atoms with Gasteiger partial charge in [0.2, 0.25) is 10.0 Å². The van der Waals surface area contributed by atoms with Crippen LogP contribution in [0.1, 0.15) is 24.3 Å². The van der Waals surface area contributed by atoms with Crippen LogP contribution in [0.2, 0.25) is 0 Å². The minimum absolute atomic E-state index is 0.0653. The van der Waals surface area contributed by atoms with Crippen LogP contribution in [0.4, 0.5) is 11.4 Å². The Morgan fingerprint density at radius 2 is 2.06 bits per heavy atom. The van der Waals surface area contributed by atoms with E-state index in [1.54, 1.807) is 11.1 Å². The number of nitrogens with zero attached hydrogens (tertiary/aromatic N) is 3. The Hall–Kier alpha value is -2.97. The molecule has 3 heterocycles. The summed E-state index contributed by atoms with van der Waals surface area (Å²) in [7, 11) is -7.92. The molecule has 36 heavy (non-hydrogen) atoms. The molecule has 11 nitrogen and oxygen atoms in total. The first-order chi connectivity index (χ1) is 17.0. The standard InChI is InChI=1S/C22H23N5O6S3/c1-35(30,31)25-13-4-5-14-15(9-13)36(32,33)26-21(24-14)18-20(28)17-11-2-3-12(8-11)19(17)27(22(18)29)10-16-23-6-7-34-16/h4-7,9,11-12,17,19,25,28H,2-3,8,10H2,1H3,(H,24,26)/t11-,12+,17-,19+/m1/s1. The lowest BCUT2D eigenvalue weighted by atomic mass is 9.78. The van der Waals surface area contributed by atoms with Crippen LogP contribution in [-0.4, -0.2) is 55.9 Å². The van der Waals surface area contributed by atoms with Crippen LogP contribution in [0.3, 0.4) is 0 Å². The highest BCUT2D eigenvalue weighted by Gasteiger charge is 2.57. The molecular formula is C22H23N5O6S3. The number of anilines is 2. The van der Waals surface area contributed by atoms with Crippen LogP contribution < -0.4 is 10.0 Å². The molecule has 0 radical (unpaired) electrons. The third-order valence-electron chi connectivity index (χ3n) is 7.33. The lowest BCUT2D eigenvalue weighted by molar-refractivity contribution is -0.134. The van der Waals surface area contributed by atoms with Crippen molar-refractivity contribution in [3.05, 3.63) is 46.1 Å². The molecule has 4 atom stereocenters. The number of carbonyl (C=O) groups excluding carboxylic acids is 1. The SMILES string of the molecule is CS(=O)(=O)Nc1ccc2c(c1)S(=O)(=O)N=C(C1=C(O)[C@@H]3[C@@H]4CC[C@@H](C4)[C@@H]3N(Cc3nccs3)C1=O)N2. The molecule has 1 aromatic carbocycles. The number of sulfonamides is 2. The van der Waals surface area contributed by atoms with Crippen LogP contribution in [0.5, 0.6) is 0 Å². The minimum atomic E-state index is -4.30. The Kier molecular flexibility index (Phi) is 5.22. The van der Waals surface area contributed by atoms with E-state index >= 15 is 0 Å². The smallest absolute Gasteiger partial charge is 0.286 e. The molecule has 190 valence electrons. The second kappa shape index (κ2) is 8.02. The molecule has 0 saturated heterocycles. The topological polar surface area (TPSA) is 158 Å². The zero-order chi connectivity index (χ0) is 25.4. The fourth-order valence-electron chi connectivity index (χ4n) is 6.07. The average Bonchev–Trinajstić information content (AvgIpc) is 3.54. The van der Waals surface area contributed by atoms with Gasteiger partial charge in [-0.3, -0.25) is 9.52 Å². The first-order valence-electron chi connectivity index (χ1n) is 11.4. The van der Waals surface area contributed by atoms with Crippen molar-refractivity contribution >= 4 is 54.5 Å². The van der Waals surface area contributed by atoms with E-state index < -0.39 is 26.0 Å². The molecular weight excluding hydrogens is 526 g/mol. The number of carbonyl (C=O) groups is 1. The maximum Gasteiger partial charge on any atom is 0.286 e. The van der Waals surface area contributed by atoms with Gasteiger partial charge in [0.05, 0.1) is 18.5 Å². The van der Waals surface area contributed by atoms with Gasteiger partial charge in [0, 0.05) is 29.2 Å². The number of hydrogen-bond donors (Lipinski definition) is 3. The van der Waals surface area contributed by atoms with Crippen LogP contribution in [0.25, 0.3) is 0 Å².